The van der Waals surface area contributed by atoms with E-state index >= 15 is 0 Å². The van der Waals surface area contributed by atoms with Gasteiger partial charge < -0.3 is 9.08 Å². The van der Waals surface area contributed by atoms with Gasteiger partial charge in [-0.15, -0.1) is 6.58 Å². The van der Waals surface area contributed by atoms with E-state index in [1.54, 1.807) is 12.1 Å². The molecule has 8 heteroatoms. The number of halogens is 3. The first-order valence-corrected chi connectivity index (χ1v) is 10.3. The molecule has 2 aromatic carbocycles. The fraction of sp³-hybridized carbons (Fsp3) is 0.333. The minimum Gasteiger partial charge on any atom is -0.376 e. The standard InChI is InChI=1S/C11H12F3NO3S.C7H8.C3H6/c1-15-5-4-8-2-3-10(6-9(8)7-15)18-19(16,17)11(12,13)14;1-7-5-3-2-4-6-7;1-3-2/h2-3,6H,4-5,7H2,1H3;2-6H,1H3;3H,1H2,2H3. The Bertz CT molecular complexity index is 882. The maximum absolute atomic E-state index is 12.2. The summed E-state index contributed by atoms with van der Waals surface area (Å²) in [5.41, 5.74) is -2.32. The lowest BCUT2D eigenvalue weighted by atomic mass is 10.00. The molecule has 4 nitrogen and oxygen atoms in total. The van der Waals surface area contributed by atoms with Gasteiger partial charge >= 0.3 is 15.6 Å². The van der Waals surface area contributed by atoms with Crippen LogP contribution in [0, 0.1) is 6.92 Å². The molecule has 0 saturated carbocycles. The van der Waals surface area contributed by atoms with Gasteiger partial charge in [0.2, 0.25) is 0 Å². The van der Waals surface area contributed by atoms with Crippen molar-refractivity contribution in [3.63, 3.8) is 0 Å². The molecule has 0 fully saturated rings. The third-order valence-corrected chi connectivity index (χ3v) is 4.79. The Labute approximate surface area is 170 Å². The maximum atomic E-state index is 12.2. The molecule has 29 heavy (non-hydrogen) atoms. The normalized spacial score (nSPS) is 13.7. The summed E-state index contributed by atoms with van der Waals surface area (Å²) < 4.78 is 62.5. The van der Waals surface area contributed by atoms with Gasteiger partial charge in [-0.25, -0.2) is 0 Å². The molecule has 0 spiro atoms. The van der Waals surface area contributed by atoms with E-state index in [2.05, 4.69) is 29.8 Å². The van der Waals surface area contributed by atoms with Gasteiger partial charge in [-0.2, -0.15) is 21.6 Å². The minimum absolute atomic E-state index is 0.314. The van der Waals surface area contributed by atoms with E-state index in [9.17, 15) is 21.6 Å². The van der Waals surface area contributed by atoms with Crippen molar-refractivity contribution in [3.05, 3.63) is 77.9 Å². The second-order valence-electron chi connectivity index (χ2n) is 6.46. The topological polar surface area (TPSA) is 46.6 Å². The molecule has 1 heterocycles. The zero-order valence-corrected chi connectivity index (χ0v) is 17.6. The van der Waals surface area contributed by atoms with Crippen molar-refractivity contribution in [1.29, 1.82) is 0 Å². The Morgan fingerprint density at radius 1 is 1.10 bits per heavy atom. The van der Waals surface area contributed by atoms with Crippen LogP contribution in [-0.2, 0) is 23.1 Å². The molecular formula is C21H26F3NO3S. The second-order valence-corrected chi connectivity index (χ2v) is 8.00. The van der Waals surface area contributed by atoms with Gasteiger partial charge in [-0.1, -0.05) is 48.0 Å². The molecule has 0 aliphatic carbocycles. The van der Waals surface area contributed by atoms with Gasteiger partial charge in [-0.05, 0) is 50.6 Å². The zero-order chi connectivity index (χ0) is 22.1. The summed E-state index contributed by atoms with van der Waals surface area (Å²) in [6, 6.07) is 14.4. The molecule has 3 rings (SSSR count). The van der Waals surface area contributed by atoms with Gasteiger partial charge in [0.15, 0.2) is 0 Å². The fourth-order valence-corrected chi connectivity index (χ4v) is 2.89. The molecule has 0 bridgehead atoms. The highest BCUT2D eigenvalue weighted by atomic mass is 32.2. The number of allylic oxidation sites excluding steroid dienone is 1. The summed E-state index contributed by atoms with van der Waals surface area (Å²) in [4.78, 5) is 1.99. The summed E-state index contributed by atoms with van der Waals surface area (Å²) in [6.07, 6.45) is 2.53. The lowest BCUT2D eigenvalue weighted by Crippen LogP contribution is -2.29. The average Bonchev–Trinajstić information content (AvgIpc) is 2.62. The van der Waals surface area contributed by atoms with Gasteiger partial charge in [0.1, 0.15) is 5.75 Å². The SMILES string of the molecule is C=CC.CN1CCc2ccc(OS(=O)(=O)C(F)(F)F)cc2C1.Cc1ccccc1. The summed E-state index contributed by atoms with van der Waals surface area (Å²) in [6.45, 7) is 8.74. The highest BCUT2D eigenvalue weighted by Gasteiger charge is 2.48. The molecule has 0 amide bonds. The smallest absolute Gasteiger partial charge is 0.376 e. The number of nitrogens with zero attached hydrogens (tertiary/aromatic N) is 1. The Hall–Kier alpha value is -2.32. The van der Waals surface area contributed by atoms with E-state index < -0.39 is 15.6 Å². The Balaban J connectivity index is 0.000000347. The minimum atomic E-state index is -5.60. The first kappa shape index (κ1) is 24.7. The van der Waals surface area contributed by atoms with Crippen molar-refractivity contribution in [2.45, 2.75) is 32.3 Å². The van der Waals surface area contributed by atoms with Crippen molar-refractivity contribution >= 4 is 10.1 Å². The van der Waals surface area contributed by atoms with Crippen molar-refractivity contribution in [3.8, 4) is 5.75 Å². The number of hydrogen-bond acceptors (Lipinski definition) is 4. The molecule has 0 saturated heterocycles. The summed E-state index contributed by atoms with van der Waals surface area (Å²) >= 11 is 0. The third-order valence-electron chi connectivity index (χ3n) is 3.81. The van der Waals surface area contributed by atoms with Crippen LogP contribution in [0.4, 0.5) is 13.2 Å². The molecule has 0 atom stereocenters. The summed E-state index contributed by atoms with van der Waals surface area (Å²) in [5, 5.41) is 0. The number of benzene rings is 2. The van der Waals surface area contributed by atoms with Gasteiger partial charge in [0.25, 0.3) is 0 Å². The Morgan fingerprint density at radius 3 is 2.17 bits per heavy atom. The number of hydrogen-bond donors (Lipinski definition) is 0. The second kappa shape index (κ2) is 11.0. The van der Waals surface area contributed by atoms with Crippen molar-refractivity contribution < 1.29 is 25.8 Å². The van der Waals surface area contributed by atoms with Crippen molar-refractivity contribution in [2.75, 3.05) is 13.6 Å². The highest BCUT2D eigenvalue weighted by molar-refractivity contribution is 7.88. The van der Waals surface area contributed by atoms with Crippen LogP contribution in [-0.4, -0.2) is 32.4 Å². The Morgan fingerprint density at radius 2 is 1.69 bits per heavy atom. The number of fused-ring (bicyclic) bond motifs is 1. The monoisotopic (exact) mass is 429 g/mol. The molecule has 0 unspecified atom stereocenters. The number of likely N-dealkylation sites (N-methyl/N-ethyl adjacent to an activating group) is 1. The molecule has 2 aromatic rings. The van der Waals surface area contributed by atoms with Crippen LogP contribution in [0.3, 0.4) is 0 Å². The van der Waals surface area contributed by atoms with Crippen LogP contribution >= 0.6 is 0 Å². The van der Waals surface area contributed by atoms with Gasteiger partial charge in [0.05, 0.1) is 0 Å². The van der Waals surface area contributed by atoms with E-state index in [1.807, 2.05) is 37.1 Å². The van der Waals surface area contributed by atoms with Gasteiger partial charge in [-0.3, -0.25) is 0 Å². The van der Waals surface area contributed by atoms with E-state index in [1.165, 1.54) is 17.7 Å². The van der Waals surface area contributed by atoms with Crippen molar-refractivity contribution in [2.24, 2.45) is 0 Å². The molecule has 0 radical (unpaired) electrons. The van der Waals surface area contributed by atoms with Crippen LogP contribution in [0.25, 0.3) is 0 Å². The first-order chi connectivity index (χ1) is 13.5. The number of alkyl halides is 3. The predicted molar refractivity (Wildman–Crippen MR) is 109 cm³/mol. The Kier molecular flexibility index (Phi) is 9.39. The molecule has 160 valence electrons. The lowest BCUT2D eigenvalue weighted by Gasteiger charge is -2.25. The molecule has 0 N–H and O–H groups in total. The van der Waals surface area contributed by atoms with E-state index in [0.29, 0.717) is 6.54 Å². The number of aryl methyl sites for hydroxylation is 1. The maximum Gasteiger partial charge on any atom is 0.534 e. The largest absolute Gasteiger partial charge is 0.534 e. The molecule has 0 aromatic heterocycles. The zero-order valence-electron chi connectivity index (χ0n) is 16.7. The quantitative estimate of drug-likeness (QED) is 0.379. The summed E-state index contributed by atoms with van der Waals surface area (Å²) in [7, 11) is -3.73. The van der Waals surface area contributed by atoms with Crippen LogP contribution in [0.5, 0.6) is 5.75 Å². The van der Waals surface area contributed by atoms with E-state index in [4.69, 9.17) is 0 Å². The highest BCUT2D eigenvalue weighted by Crippen LogP contribution is 2.29. The predicted octanol–water partition coefficient (Wildman–Crippen LogP) is 5.09. The average molecular weight is 430 g/mol. The third kappa shape index (κ3) is 8.29. The van der Waals surface area contributed by atoms with E-state index in [0.717, 1.165) is 24.1 Å². The molecular weight excluding hydrogens is 403 g/mol. The van der Waals surface area contributed by atoms with Crippen LogP contribution < -0.4 is 4.18 Å². The lowest BCUT2D eigenvalue weighted by molar-refractivity contribution is -0.0500. The van der Waals surface area contributed by atoms with Crippen molar-refractivity contribution in [1.82, 2.24) is 4.90 Å². The van der Waals surface area contributed by atoms with E-state index in [-0.39, 0.29) is 5.75 Å². The van der Waals surface area contributed by atoms with Gasteiger partial charge in [0, 0.05) is 13.1 Å². The fourth-order valence-electron chi connectivity index (χ4n) is 2.43. The van der Waals surface area contributed by atoms with Crippen LogP contribution in [0.2, 0.25) is 0 Å². The number of rotatable bonds is 2. The molecule has 1 aliphatic heterocycles. The summed E-state index contributed by atoms with van der Waals surface area (Å²) in [5.74, 6) is -0.314. The first-order valence-electron chi connectivity index (χ1n) is 8.90. The van der Waals surface area contributed by atoms with Crippen LogP contribution in [0.1, 0.15) is 23.6 Å². The van der Waals surface area contributed by atoms with Crippen LogP contribution in [0.15, 0.2) is 61.2 Å². The molecule has 1 aliphatic rings.